The number of rotatable bonds is 3. The molecule has 0 fully saturated rings. The molecule has 98 valence electrons. The summed E-state index contributed by atoms with van der Waals surface area (Å²) in [5.74, 6) is -1.54. The van der Waals surface area contributed by atoms with Crippen LogP contribution in [0.4, 0.5) is 5.69 Å². The lowest BCUT2D eigenvalue weighted by Crippen LogP contribution is -2.38. The zero-order valence-corrected chi connectivity index (χ0v) is 11.1. The normalized spacial score (nSPS) is 10.0. The van der Waals surface area contributed by atoms with Gasteiger partial charge in [0.1, 0.15) is 0 Å². The predicted octanol–water partition coefficient (Wildman–Crippen LogP) is 1.38. The Kier molecular flexibility index (Phi) is 5.40. The standard InChI is InChI=1S/C11H12Cl2N2O3/c1-15(4-5-16)11(18)10(17)14-7-2-3-8(12)9(13)6-7/h2-3,6,16H,4-5H2,1H3,(H,14,17). The Bertz CT molecular complexity index is 466. The maximum atomic E-state index is 11.6. The highest BCUT2D eigenvalue weighted by Crippen LogP contribution is 2.24. The first-order valence-electron chi connectivity index (χ1n) is 5.08. The Labute approximate surface area is 114 Å². The molecule has 0 atom stereocenters. The molecule has 0 aliphatic rings. The molecule has 1 aromatic rings. The molecule has 0 bridgehead atoms. The third-order valence-electron chi connectivity index (χ3n) is 2.15. The summed E-state index contributed by atoms with van der Waals surface area (Å²) >= 11 is 11.5. The lowest BCUT2D eigenvalue weighted by molar-refractivity contribution is -0.142. The van der Waals surface area contributed by atoms with Crippen LogP contribution >= 0.6 is 23.2 Å². The molecule has 0 saturated heterocycles. The van der Waals surface area contributed by atoms with Crippen LogP contribution in [0.2, 0.25) is 10.0 Å². The van der Waals surface area contributed by atoms with Crippen LogP contribution in [0, 0.1) is 0 Å². The van der Waals surface area contributed by atoms with Crippen molar-refractivity contribution in [3.05, 3.63) is 28.2 Å². The molecule has 5 nitrogen and oxygen atoms in total. The average molecular weight is 291 g/mol. The fourth-order valence-electron chi connectivity index (χ4n) is 1.18. The molecule has 0 saturated carbocycles. The van der Waals surface area contributed by atoms with E-state index in [4.69, 9.17) is 28.3 Å². The lowest BCUT2D eigenvalue weighted by Gasteiger charge is -2.15. The maximum absolute atomic E-state index is 11.6. The zero-order valence-electron chi connectivity index (χ0n) is 9.61. The van der Waals surface area contributed by atoms with E-state index < -0.39 is 11.8 Å². The molecular formula is C11H12Cl2N2O3. The van der Waals surface area contributed by atoms with Crippen molar-refractivity contribution in [1.29, 1.82) is 0 Å². The summed E-state index contributed by atoms with van der Waals surface area (Å²) in [5, 5.41) is 11.7. The predicted molar refractivity (Wildman–Crippen MR) is 69.8 cm³/mol. The van der Waals surface area contributed by atoms with Crippen molar-refractivity contribution in [2.24, 2.45) is 0 Å². The van der Waals surface area contributed by atoms with Gasteiger partial charge in [0.2, 0.25) is 0 Å². The molecular weight excluding hydrogens is 279 g/mol. The molecule has 0 aliphatic heterocycles. The van der Waals surface area contributed by atoms with Gasteiger partial charge in [0.15, 0.2) is 0 Å². The minimum Gasteiger partial charge on any atom is -0.395 e. The summed E-state index contributed by atoms with van der Waals surface area (Å²) < 4.78 is 0. The van der Waals surface area contributed by atoms with Gasteiger partial charge in [0.25, 0.3) is 0 Å². The molecule has 0 aliphatic carbocycles. The van der Waals surface area contributed by atoms with E-state index in [0.29, 0.717) is 10.7 Å². The fraction of sp³-hybridized carbons (Fsp3) is 0.273. The van der Waals surface area contributed by atoms with Crippen LogP contribution in [0.3, 0.4) is 0 Å². The third kappa shape index (κ3) is 3.87. The number of amides is 2. The number of likely N-dealkylation sites (N-methyl/N-ethyl adjacent to an activating group) is 1. The Morgan fingerprint density at radius 1 is 1.33 bits per heavy atom. The van der Waals surface area contributed by atoms with Gasteiger partial charge < -0.3 is 15.3 Å². The molecule has 1 rings (SSSR count). The van der Waals surface area contributed by atoms with E-state index in [0.717, 1.165) is 4.90 Å². The number of nitrogens with one attached hydrogen (secondary N) is 1. The molecule has 0 spiro atoms. The highest BCUT2D eigenvalue weighted by Gasteiger charge is 2.18. The van der Waals surface area contributed by atoms with E-state index >= 15 is 0 Å². The van der Waals surface area contributed by atoms with Gasteiger partial charge >= 0.3 is 11.8 Å². The monoisotopic (exact) mass is 290 g/mol. The number of carbonyl (C=O) groups excluding carboxylic acids is 2. The van der Waals surface area contributed by atoms with Gasteiger partial charge in [-0.1, -0.05) is 23.2 Å². The largest absolute Gasteiger partial charge is 0.395 e. The van der Waals surface area contributed by atoms with E-state index in [9.17, 15) is 9.59 Å². The highest BCUT2D eigenvalue weighted by molar-refractivity contribution is 6.42. The number of hydrogen-bond acceptors (Lipinski definition) is 3. The van der Waals surface area contributed by atoms with E-state index in [1.807, 2.05) is 0 Å². The van der Waals surface area contributed by atoms with Gasteiger partial charge in [0.05, 0.1) is 16.7 Å². The summed E-state index contributed by atoms with van der Waals surface area (Å²) in [6.07, 6.45) is 0. The second-order valence-corrected chi connectivity index (χ2v) is 4.35. The van der Waals surface area contributed by atoms with Gasteiger partial charge in [-0.05, 0) is 18.2 Å². The van der Waals surface area contributed by atoms with Crippen LogP contribution in [0.1, 0.15) is 0 Å². The summed E-state index contributed by atoms with van der Waals surface area (Å²) in [7, 11) is 1.42. The smallest absolute Gasteiger partial charge is 0.313 e. The van der Waals surface area contributed by atoms with E-state index in [-0.39, 0.29) is 18.2 Å². The van der Waals surface area contributed by atoms with Gasteiger partial charge in [-0.25, -0.2) is 0 Å². The summed E-state index contributed by atoms with van der Waals surface area (Å²) in [6, 6.07) is 4.49. The quantitative estimate of drug-likeness (QED) is 0.827. The van der Waals surface area contributed by atoms with Crippen molar-refractivity contribution in [1.82, 2.24) is 4.90 Å². The van der Waals surface area contributed by atoms with Gasteiger partial charge in [-0.15, -0.1) is 0 Å². The fourth-order valence-corrected chi connectivity index (χ4v) is 1.48. The molecule has 0 unspecified atom stereocenters. The first kappa shape index (κ1) is 14.8. The number of hydrogen-bond donors (Lipinski definition) is 2. The van der Waals surface area contributed by atoms with Crippen LogP contribution in [0.5, 0.6) is 0 Å². The molecule has 0 radical (unpaired) electrons. The number of halogens is 2. The first-order valence-corrected chi connectivity index (χ1v) is 5.83. The number of benzene rings is 1. The van der Waals surface area contributed by atoms with Crippen molar-refractivity contribution < 1.29 is 14.7 Å². The Balaban J connectivity index is 2.69. The SMILES string of the molecule is CN(CCO)C(=O)C(=O)Nc1ccc(Cl)c(Cl)c1. The van der Waals surface area contributed by atoms with Crippen LogP contribution in [-0.4, -0.2) is 42.0 Å². The van der Waals surface area contributed by atoms with Gasteiger partial charge in [-0.2, -0.15) is 0 Å². The molecule has 0 heterocycles. The third-order valence-corrected chi connectivity index (χ3v) is 2.89. The van der Waals surface area contributed by atoms with Crippen LogP contribution in [0.25, 0.3) is 0 Å². The average Bonchev–Trinajstić information content (AvgIpc) is 2.33. The zero-order chi connectivity index (χ0) is 13.7. The lowest BCUT2D eigenvalue weighted by atomic mass is 10.3. The number of nitrogens with zero attached hydrogens (tertiary/aromatic N) is 1. The summed E-state index contributed by atoms with van der Waals surface area (Å²) in [4.78, 5) is 24.2. The van der Waals surface area contributed by atoms with E-state index in [2.05, 4.69) is 5.32 Å². The molecule has 7 heteroatoms. The van der Waals surface area contributed by atoms with Gasteiger partial charge in [-0.3, -0.25) is 9.59 Å². The minimum atomic E-state index is -0.802. The number of aliphatic hydroxyl groups is 1. The number of anilines is 1. The van der Waals surface area contributed by atoms with E-state index in [1.165, 1.54) is 25.2 Å². The summed E-state index contributed by atoms with van der Waals surface area (Å²) in [6.45, 7) is -0.115. The van der Waals surface area contributed by atoms with E-state index in [1.54, 1.807) is 0 Å². The van der Waals surface area contributed by atoms with Crippen LogP contribution < -0.4 is 5.32 Å². The molecule has 0 aromatic heterocycles. The Hall–Kier alpha value is -1.30. The van der Waals surface area contributed by atoms with Crippen molar-refractivity contribution in [2.75, 3.05) is 25.5 Å². The molecule has 2 amide bonds. The van der Waals surface area contributed by atoms with Gasteiger partial charge in [0, 0.05) is 19.3 Å². The second-order valence-electron chi connectivity index (χ2n) is 3.53. The molecule has 18 heavy (non-hydrogen) atoms. The first-order chi connectivity index (χ1) is 8.45. The van der Waals surface area contributed by atoms with Crippen molar-refractivity contribution in [3.63, 3.8) is 0 Å². The number of carbonyl (C=O) groups is 2. The Morgan fingerprint density at radius 3 is 2.56 bits per heavy atom. The topological polar surface area (TPSA) is 69.6 Å². The molecule has 2 N–H and O–H groups in total. The van der Waals surface area contributed by atoms with Crippen molar-refractivity contribution in [2.45, 2.75) is 0 Å². The number of aliphatic hydroxyl groups excluding tert-OH is 1. The highest BCUT2D eigenvalue weighted by atomic mass is 35.5. The van der Waals surface area contributed by atoms with Crippen molar-refractivity contribution >= 4 is 40.7 Å². The molecule has 1 aromatic carbocycles. The minimum absolute atomic E-state index is 0.0909. The Morgan fingerprint density at radius 2 is 2.00 bits per heavy atom. The van der Waals surface area contributed by atoms with Crippen LogP contribution in [0.15, 0.2) is 18.2 Å². The second kappa shape index (κ2) is 6.58. The summed E-state index contributed by atoms with van der Waals surface area (Å²) in [5.41, 5.74) is 0.375. The van der Waals surface area contributed by atoms with Crippen LogP contribution in [-0.2, 0) is 9.59 Å². The maximum Gasteiger partial charge on any atom is 0.313 e. The van der Waals surface area contributed by atoms with Crippen molar-refractivity contribution in [3.8, 4) is 0 Å².